The van der Waals surface area contributed by atoms with Crippen LogP contribution in [0.2, 0.25) is 0 Å². The molecular weight excluding hydrogens is 688 g/mol. The Bertz CT molecular complexity index is 1970. The Morgan fingerprint density at radius 2 is 1.78 bits per heavy atom. The summed E-state index contributed by atoms with van der Waals surface area (Å²) in [7, 11) is -3.88. The molecule has 1 aliphatic heterocycles. The molecule has 0 bridgehead atoms. The van der Waals surface area contributed by atoms with Crippen LogP contribution in [-0.4, -0.2) is 111 Å². The van der Waals surface area contributed by atoms with E-state index >= 15 is 0 Å². The fourth-order valence-electron chi connectivity index (χ4n) is 6.39. The average molecular weight is 727 g/mol. The summed E-state index contributed by atoms with van der Waals surface area (Å²) in [4.78, 5) is 44.0. The van der Waals surface area contributed by atoms with Gasteiger partial charge in [-0.15, -0.1) is 0 Å². The predicted molar refractivity (Wildman–Crippen MR) is 182 cm³/mol. The molecule has 6 rings (SSSR count). The van der Waals surface area contributed by atoms with Crippen LogP contribution in [0.25, 0.3) is 11.2 Å². The van der Waals surface area contributed by atoms with Gasteiger partial charge in [-0.05, 0) is 49.1 Å². The van der Waals surface area contributed by atoms with Gasteiger partial charge in [0.15, 0.2) is 17.0 Å². The van der Waals surface area contributed by atoms with Crippen LogP contribution >= 0.6 is 0 Å². The molecule has 0 radical (unpaired) electrons. The summed E-state index contributed by atoms with van der Waals surface area (Å²) in [6.07, 6.45) is -1.42. The van der Waals surface area contributed by atoms with Crippen molar-refractivity contribution in [1.29, 1.82) is 0 Å². The zero-order chi connectivity index (χ0) is 36.3. The van der Waals surface area contributed by atoms with Crippen molar-refractivity contribution < 1.29 is 43.5 Å². The van der Waals surface area contributed by atoms with E-state index in [0.717, 1.165) is 5.56 Å². The molecule has 4 aromatic rings. The number of amides is 3. The molecule has 0 unspecified atom stereocenters. The van der Waals surface area contributed by atoms with E-state index < -0.39 is 52.5 Å². The number of aliphatic hydroxyl groups excluding tert-OH is 3. The third kappa shape index (κ3) is 8.11. The average Bonchev–Trinajstić information content (AvgIpc) is 3.82. The van der Waals surface area contributed by atoms with Gasteiger partial charge in [0.05, 0.1) is 36.0 Å². The minimum atomic E-state index is -3.88. The lowest BCUT2D eigenvalue weighted by molar-refractivity contribution is -0.179. The molecule has 2 aromatic carbocycles. The van der Waals surface area contributed by atoms with Gasteiger partial charge in [-0.25, -0.2) is 28.1 Å². The SMILES string of the molecule is NS(=O)(=O)c1ccc(NC(=O)N[C@@H]2CCN(c3nc(N[C@H](CO)Cc4ccccc4)c4ncn([C@@H]5C[C@H](NC(=O)OO)[C@@H](O)[C@H]5O)c4n3)C2)cc1. The largest absolute Gasteiger partial charge is 0.438 e. The van der Waals surface area contributed by atoms with Crippen LogP contribution in [0, 0.1) is 0 Å². The number of nitrogens with zero attached hydrogens (tertiary/aromatic N) is 5. The summed E-state index contributed by atoms with van der Waals surface area (Å²) in [5.74, 6) is 0.588. The number of nitrogens with two attached hydrogens (primary N) is 1. The lowest BCUT2D eigenvalue weighted by Gasteiger charge is -2.22. The number of imidazole rings is 1. The maximum Gasteiger partial charge on any atom is 0.438 e. The standard InChI is InChI=1S/C31H38N10O9S/c32-51(48,49)21-8-6-18(7-9-21)35-30(45)36-19-10-11-40(14-19)29-38-27(34-20(15-42)12-17-4-2-1-3-5-17)24-28(39-29)41(16-33-24)23-13-22(25(43)26(23)44)37-31(46)50-47/h1-9,16,19-20,22-23,25-26,42-44,47H,10-15H2,(H,37,46)(H2,32,48,49)(H,34,38,39)(H2,35,36,45)/t19-,20+,22+,23-,25-,26+/m1/s1. The molecule has 2 aromatic heterocycles. The smallest absolute Gasteiger partial charge is 0.394 e. The number of fused-ring (bicyclic) bond motifs is 1. The first-order valence-electron chi connectivity index (χ1n) is 16.0. The van der Waals surface area contributed by atoms with E-state index in [2.05, 4.69) is 31.1 Å². The molecule has 51 heavy (non-hydrogen) atoms. The fraction of sp³-hybridized carbons (Fsp3) is 0.387. The van der Waals surface area contributed by atoms with Crippen molar-refractivity contribution in [1.82, 2.24) is 30.2 Å². The van der Waals surface area contributed by atoms with Gasteiger partial charge in [-0.3, -0.25) is 4.89 Å². The van der Waals surface area contributed by atoms with Crippen molar-refractivity contribution in [3.63, 3.8) is 0 Å². The van der Waals surface area contributed by atoms with E-state index in [9.17, 15) is 33.3 Å². The van der Waals surface area contributed by atoms with Crippen molar-refractivity contribution in [2.24, 2.45) is 5.14 Å². The van der Waals surface area contributed by atoms with Gasteiger partial charge in [-0.2, -0.15) is 15.2 Å². The highest BCUT2D eigenvalue weighted by atomic mass is 32.2. The number of sulfonamides is 1. The van der Waals surface area contributed by atoms with Crippen LogP contribution in [0.3, 0.4) is 0 Å². The number of primary sulfonamides is 1. The summed E-state index contributed by atoms with van der Waals surface area (Å²) in [5.41, 5.74) is 1.99. The van der Waals surface area contributed by atoms with E-state index in [1.165, 1.54) is 30.6 Å². The Morgan fingerprint density at radius 1 is 1.04 bits per heavy atom. The number of anilines is 3. The van der Waals surface area contributed by atoms with Crippen LogP contribution in [0.5, 0.6) is 0 Å². The molecule has 20 heteroatoms. The normalized spacial score (nSPS) is 22.5. The molecule has 272 valence electrons. The summed E-state index contributed by atoms with van der Waals surface area (Å²) in [6, 6.07) is 12.0. The molecule has 2 aliphatic rings. The lowest BCUT2D eigenvalue weighted by Crippen LogP contribution is -2.43. The number of benzene rings is 2. The first-order valence-corrected chi connectivity index (χ1v) is 17.6. The molecule has 2 fully saturated rings. The zero-order valence-corrected chi connectivity index (χ0v) is 27.8. The maximum absolute atomic E-state index is 12.8. The van der Waals surface area contributed by atoms with E-state index in [1.54, 1.807) is 4.57 Å². The van der Waals surface area contributed by atoms with Gasteiger partial charge >= 0.3 is 12.1 Å². The topological polar surface area (TPSA) is 279 Å². The van der Waals surface area contributed by atoms with Gasteiger partial charge < -0.3 is 46.1 Å². The first kappa shape index (κ1) is 35.7. The highest BCUT2D eigenvalue weighted by molar-refractivity contribution is 7.89. The molecule has 3 heterocycles. The Kier molecular flexibility index (Phi) is 10.5. The quantitative estimate of drug-likeness (QED) is 0.0734. The Hall–Kier alpha value is -5.12. The Labute approximate surface area is 291 Å². The second-order valence-electron chi connectivity index (χ2n) is 12.4. The molecule has 6 atom stereocenters. The number of aliphatic hydroxyl groups is 3. The molecule has 19 nitrogen and oxygen atoms in total. The number of nitrogens with one attached hydrogen (secondary N) is 4. The van der Waals surface area contributed by atoms with Crippen molar-refractivity contribution >= 4 is 50.8 Å². The van der Waals surface area contributed by atoms with Crippen LogP contribution in [0.1, 0.15) is 24.4 Å². The lowest BCUT2D eigenvalue weighted by atomic mass is 10.1. The van der Waals surface area contributed by atoms with Gasteiger partial charge in [0, 0.05) is 24.8 Å². The number of hydrogen-bond acceptors (Lipinski definition) is 14. The monoisotopic (exact) mass is 726 g/mol. The number of rotatable bonds is 11. The summed E-state index contributed by atoms with van der Waals surface area (Å²) < 4.78 is 24.6. The highest BCUT2D eigenvalue weighted by Crippen LogP contribution is 2.35. The minimum absolute atomic E-state index is 0.0494. The molecule has 0 spiro atoms. The zero-order valence-electron chi connectivity index (χ0n) is 27.0. The van der Waals surface area contributed by atoms with Crippen molar-refractivity contribution in [2.75, 3.05) is 35.2 Å². The van der Waals surface area contributed by atoms with Gasteiger partial charge in [-0.1, -0.05) is 30.3 Å². The summed E-state index contributed by atoms with van der Waals surface area (Å²) >= 11 is 0. The number of urea groups is 1. The van der Waals surface area contributed by atoms with Crippen LogP contribution in [0.15, 0.2) is 65.8 Å². The number of aromatic nitrogens is 4. The Balaban J connectivity index is 1.24. The third-order valence-corrected chi connectivity index (χ3v) is 9.87. The molecular formula is C31H38N10O9S. The number of carbonyl (C=O) groups is 2. The molecule has 1 saturated heterocycles. The summed E-state index contributed by atoms with van der Waals surface area (Å²) in [6.45, 7) is 0.554. The maximum atomic E-state index is 12.8. The summed E-state index contributed by atoms with van der Waals surface area (Å²) in [5, 5.41) is 57.0. The van der Waals surface area contributed by atoms with Gasteiger partial charge in [0.1, 0.15) is 12.2 Å². The third-order valence-electron chi connectivity index (χ3n) is 8.94. The van der Waals surface area contributed by atoms with Gasteiger partial charge in [0.25, 0.3) is 0 Å². The second-order valence-corrected chi connectivity index (χ2v) is 14.0. The van der Waals surface area contributed by atoms with E-state index in [0.29, 0.717) is 48.6 Å². The number of hydrogen-bond donors (Lipinski definition) is 9. The number of carbonyl (C=O) groups excluding carboxylic acids is 2. The minimum Gasteiger partial charge on any atom is -0.394 e. The van der Waals surface area contributed by atoms with E-state index in [4.69, 9.17) is 20.4 Å². The fourth-order valence-corrected chi connectivity index (χ4v) is 6.90. The van der Waals surface area contributed by atoms with Gasteiger partial charge in [0.2, 0.25) is 16.0 Å². The Morgan fingerprint density at radius 3 is 2.47 bits per heavy atom. The van der Waals surface area contributed by atoms with Crippen LogP contribution < -0.4 is 31.3 Å². The molecule has 10 N–H and O–H groups in total. The highest BCUT2D eigenvalue weighted by Gasteiger charge is 2.44. The predicted octanol–water partition coefficient (Wildman–Crippen LogP) is 0.124. The first-order chi connectivity index (χ1) is 24.4. The van der Waals surface area contributed by atoms with Crippen molar-refractivity contribution in [3.05, 3.63) is 66.5 Å². The van der Waals surface area contributed by atoms with Crippen molar-refractivity contribution in [3.8, 4) is 0 Å². The molecule has 1 saturated carbocycles. The molecule has 1 aliphatic carbocycles. The van der Waals surface area contributed by atoms with Crippen molar-refractivity contribution in [2.45, 2.75) is 60.5 Å². The van der Waals surface area contributed by atoms with Crippen LogP contribution in [0.4, 0.5) is 27.0 Å². The van der Waals surface area contributed by atoms with E-state index in [-0.39, 0.29) is 29.9 Å². The molecule has 3 amide bonds. The second kappa shape index (κ2) is 15.0. The van der Waals surface area contributed by atoms with Crippen LogP contribution in [-0.2, 0) is 21.3 Å². The van der Waals surface area contributed by atoms with E-state index in [1.807, 2.05) is 35.2 Å².